The van der Waals surface area contributed by atoms with Crippen molar-refractivity contribution >= 4 is 61.5 Å². The fourth-order valence-corrected chi connectivity index (χ4v) is 4.16. The molecule has 6 nitrogen and oxygen atoms in total. The molecule has 0 saturated carbocycles. The lowest BCUT2D eigenvalue weighted by atomic mass is 10.1. The zero-order valence-corrected chi connectivity index (χ0v) is 19.6. The van der Waals surface area contributed by atoms with Crippen molar-refractivity contribution in [3.63, 3.8) is 0 Å². The molecule has 0 atom stereocenters. The number of rotatable bonds is 4. The van der Waals surface area contributed by atoms with Crippen molar-refractivity contribution in [1.29, 1.82) is 0 Å². The van der Waals surface area contributed by atoms with Crippen LogP contribution < -0.4 is 11.1 Å². The highest BCUT2D eigenvalue weighted by Crippen LogP contribution is 2.30. The van der Waals surface area contributed by atoms with Crippen LogP contribution >= 0.6 is 27.5 Å². The van der Waals surface area contributed by atoms with E-state index in [4.69, 9.17) is 16.0 Å². The number of nitrogens with one attached hydrogen (secondary N) is 2. The van der Waals surface area contributed by atoms with Crippen LogP contribution in [0.1, 0.15) is 15.9 Å². The van der Waals surface area contributed by atoms with E-state index >= 15 is 0 Å². The molecule has 0 aliphatic carbocycles. The summed E-state index contributed by atoms with van der Waals surface area (Å²) < 4.78 is 20.4. The Labute approximate surface area is 205 Å². The highest BCUT2D eigenvalue weighted by atomic mass is 79.9. The maximum absolute atomic E-state index is 14.0. The van der Waals surface area contributed by atoms with E-state index in [2.05, 4.69) is 31.4 Å². The molecule has 0 bridgehead atoms. The van der Waals surface area contributed by atoms with Crippen LogP contribution in [0.5, 0.6) is 0 Å². The zero-order valence-electron chi connectivity index (χ0n) is 17.2. The lowest BCUT2D eigenvalue weighted by Crippen LogP contribution is -2.19. The van der Waals surface area contributed by atoms with Crippen molar-refractivity contribution in [2.75, 3.05) is 0 Å². The standard InChI is InChI=1S/C25H14BrClFN3O3/c26-14-6-5-13-9-18(25(33)34-22(13)10-14)23-19(16-3-1-2-4-21(16)30-23)12-29-31-24(32)17-8-7-15(27)11-20(17)28/h1-12,30H,(H,31,32)/b29-12+. The van der Waals surface area contributed by atoms with Crippen LogP contribution in [0.2, 0.25) is 5.02 Å². The van der Waals surface area contributed by atoms with Gasteiger partial charge in [-0.25, -0.2) is 14.6 Å². The Balaban J connectivity index is 1.56. The molecule has 0 spiro atoms. The number of fused-ring (bicyclic) bond motifs is 2. The number of carbonyl (C=O) groups is 1. The molecular weight excluding hydrogens is 525 g/mol. The predicted octanol–water partition coefficient (Wildman–Crippen LogP) is 6.26. The van der Waals surface area contributed by atoms with Gasteiger partial charge in [-0.2, -0.15) is 5.10 Å². The van der Waals surface area contributed by atoms with E-state index in [0.29, 0.717) is 22.4 Å². The van der Waals surface area contributed by atoms with Crippen LogP contribution in [0.25, 0.3) is 33.1 Å². The number of aromatic nitrogens is 1. The minimum absolute atomic E-state index is 0.183. The molecule has 0 aliphatic heterocycles. The van der Waals surface area contributed by atoms with E-state index in [1.165, 1.54) is 18.3 Å². The maximum Gasteiger partial charge on any atom is 0.345 e. The molecule has 2 N–H and O–H groups in total. The summed E-state index contributed by atoms with van der Waals surface area (Å²) in [5.41, 5.74) is 4.17. The fourth-order valence-electron chi connectivity index (χ4n) is 3.66. The number of para-hydroxylation sites is 1. The summed E-state index contributed by atoms with van der Waals surface area (Å²) in [7, 11) is 0. The Morgan fingerprint density at radius 3 is 2.76 bits per heavy atom. The fraction of sp³-hybridized carbons (Fsp3) is 0. The summed E-state index contributed by atoms with van der Waals surface area (Å²) in [6.07, 6.45) is 1.41. The van der Waals surface area contributed by atoms with Gasteiger partial charge in [0.2, 0.25) is 0 Å². The lowest BCUT2D eigenvalue weighted by Gasteiger charge is -2.04. The van der Waals surface area contributed by atoms with Crippen LogP contribution in [0.4, 0.5) is 4.39 Å². The van der Waals surface area contributed by atoms with Gasteiger partial charge in [-0.1, -0.05) is 51.8 Å². The SMILES string of the molecule is O=C(N/N=C/c1c(-c2cc3ccc(Br)cc3oc2=O)[nH]c2ccccc12)c1ccc(Cl)cc1F. The van der Waals surface area contributed by atoms with E-state index in [1.807, 2.05) is 36.4 Å². The minimum atomic E-state index is -0.756. The Kier molecular flexibility index (Phi) is 5.77. The zero-order chi connectivity index (χ0) is 23.8. The minimum Gasteiger partial charge on any atom is -0.422 e. The molecule has 5 rings (SSSR count). The molecule has 9 heteroatoms. The normalized spacial score (nSPS) is 11.5. The Morgan fingerprint density at radius 1 is 1.12 bits per heavy atom. The first-order valence-electron chi connectivity index (χ1n) is 10.0. The highest BCUT2D eigenvalue weighted by Gasteiger charge is 2.17. The third-order valence-corrected chi connectivity index (χ3v) is 5.98. The van der Waals surface area contributed by atoms with E-state index in [-0.39, 0.29) is 10.6 Å². The number of halogens is 3. The summed E-state index contributed by atoms with van der Waals surface area (Å²) in [6.45, 7) is 0. The number of nitrogens with zero attached hydrogens (tertiary/aromatic N) is 1. The van der Waals surface area contributed by atoms with Crippen molar-refractivity contribution in [3.05, 3.63) is 104 Å². The summed E-state index contributed by atoms with van der Waals surface area (Å²) in [5, 5.41) is 5.72. The van der Waals surface area contributed by atoms with Gasteiger partial charge in [0.05, 0.1) is 23.0 Å². The van der Waals surface area contributed by atoms with Crippen LogP contribution in [0, 0.1) is 5.82 Å². The average molecular weight is 539 g/mol. The molecule has 34 heavy (non-hydrogen) atoms. The molecular formula is C25H14BrClFN3O3. The third kappa shape index (κ3) is 4.13. The van der Waals surface area contributed by atoms with E-state index in [1.54, 1.807) is 12.1 Å². The smallest absolute Gasteiger partial charge is 0.345 e. The molecule has 3 aromatic carbocycles. The lowest BCUT2D eigenvalue weighted by molar-refractivity contribution is 0.0951. The third-order valence-electron chi connectivity index (χ3n) is 5.25. The molecule has 168 valence electrons. The van der Waals surface area contributed by atoms with Gasteiger partial charge in [-0.05, 0) is 42.5 Å². The monoisotopic (exact) mass is 537 g/mol. The van der Waals surface area contributed by atoms with Gasteiger partial charge in [0.1, 0.15) is 11.4 Å². The Bertz CT molecular complexity index is 1680. The molecule has 2 aromatic heterocycles. The van der Waals surface area contributed by atoms with Gasteiger partial charge in [-0.15, -0.1) is 0 Å². The number of hydrogen-bond acceptors (Lipinski definition) is 4. The second-order valence-corrected chi connectivity index (χ2v) is 8.76. The van der Waals surface area contributed by atoms with Gasteiger partial charge in [0.15, 0.2) is 0 Å². The van der Waals surface area contributed by atoms with Crippen molar-refractivity contribution in [1.82, 2.24) is 10.4 Å². The first-order valence-corrected chi connectivity index (χ1v) is 11.2. The second kappa shape index (κ2) is 8.89. The largest absolute Gasteiger partial charge is 0.422 e. The topological polar surface area (TPSA) is 87.5 Å². The van der Waals surface area contributed by atoms with Crippen LogP contribution in [-0.4, -0.2) is 17.1 Å². The summed E-state index contributed by atoms with van der Waals surface area (Å²) >= 11 is 9.11. The van der Waals surface area contributed by atoms with Crippen LogP contribution in [0.3, 0.4) is 0 Å². The Morgan fingerprint density at radius 2 is 1.94 bits per heavy atom. The van der Waals surface area contributed by atoms with E-state index < -0.39 is 17.3 Å². The maximum atomic E-state index is 14.0. The highest BCUT2D eigenvalue weighted by molar-refractivity contribution is 9.10. The first kappa shape index (κ1) is 22.1. The average Bonchev–Trinajstić information content (AvgIpc) is 3.17. The molecule has 1 amide bonds. The number of hydrogen-bond donors (Lipinski definition) is 2. The number of amides is 1. The van der Waals surface area contributed by atoms with Crippen molar-refractivity contribution in [2.45, 2.75) is 0 Å². The summed E-state index contributed by atoms with van der Waals surface area (Å²) in [6, 6.07) is 18.3. The van der Waals surface area contributed by atoms with E-state index in [0.717, 1.165) is 26.8 Å². The molecule has 5 aromatic rings. The second-order valence-electron chi connectivity index (χ2n) is 7.41. The van der Waals surface area contributed by atoms with Crippen molar-refractivity contribution in [3.8, 4) is 11.3 Å². The number of carbonyl (C=O) groups excluding carboxylic acids is 1. The number of benzene rings is 3. The Hall–Kier alpha value is -3.75. The number of H-pyrrole nitrogens is 1. The number of hydrazone groups is 1. The van der Waals surface area contributed by atoms with Gasteiger partial charge >= 0.3 is 5.63 Å². The molecule has 0 saturated heterocycles. The van der Waals surface area contributed by atoms with Gasteiger partial charge < -0.3 is 9.40 Å². The van der Waals surface area contributed by atoms with Gasteiger partial charge in [-0.3, -0.25) is 4.79 Å². The van der Waals surface area contributed by atoms with Gasteiger partial charge in [0.25, 0.3) is 5.91 Å². The molecule has 0 unspecified atom stereocenters. The predicted molar refractivity (Wildman–Crippen MR) is 134 cm³/mol. The number of aromatic amines is 1. The molecule has 0 fully saturated rings. The van der Waals surface area contributed by atoms with Crippen LogP contribution in [-0.2, 0) is 0 Å². The molecule has 2 heterocycles. The van der Waals surface area contributed by atoms with Crippen molar-refractivity contribution in [2.24, 2.45) is 5.10 Å². The first-order chi connectivity index (χ1) is 16.4. The summed E-state index contributed by atoms with van der Waals surface area (Å²) in [4.78, 5) is 28.4. The van der Waals surface area contributed by atoms with Crippen molar-refractivity contribution < 1.29 is 13.6 Å². The molecule has 0 radical (unpaired) electrons. The van der Waals surface area contributed by atoms with E-state index in [9.17, 15) is 14.0 Å². The summed E-state index contributed by atoms with van der Waals surface area (Å²) in [5.74, 6) is -1.49. The molecule has 0 aliphatic rings. The van der Waals surface area contributed by atoms with Crippen LogP contribution in [0.15, 0.2) is 85.5 Å². The quantitative estimate of drug-likeness (QED) is 0.161. The van der Waals surface area contributed by atoms with Gasteiger partial charge in [0, 0.05) is 31.3 Å².